The second kappa shape index (κ2) is 6.56. The van der Waals surface area contributed by atoms with Crippen LogP contribution in [0.1, 0.15) is 28.3 Å². The fourth-order valence-electron chi connectivity index (χ4n) is 2.51. The van der Waals surface area contributed by atoms with Gasteiger partial charge >= 0.3 is 0 Å². The zero-order valence-corrected chi connectivity index (χ0v) is 13.3. The predicted octanol–water partition coefficient (Wildman–Crippen LogP) is 2.05. The molecule has 1 saturated heterocycles. The summed E-state index contributed by atoms with van der Waals surface area (Å²) in [6.07, 6.45) is 1.60. The van der Waals surface area contributed by atoms with Crippen molar-refractivity contribution >= 4 is 17.2 Å². The van der Waals surface area contributed by atoms with Gasteiger partial charge in [0.15, 0.2) is 0 Å². The lowest BCUT2D eigenvalue weighted by atomic mass is 10.0. The number of hydrogen-bond donors (Lipinski definition) is 1. The highest BCUT2D eigenvalue weighted by Gasteiger charge is 2.30. The summed E-state index contributed by atoms with van der Waals surface area (Å²) in [5, 5.41) is 2.82. The van der Waals surface area contributed by atoms with Crippen LogP contribution < -0.4 is 5.73 Å². The van der Waals surface area contributed by atoms with Gasteiger partial charge in [0, 0.05) is 18.1 Å². The van der Waals surface area contributed by atoms with Gasteiger partial charge in [0.2, 0.25) is 5.91 Å². The van der Waals surface area contributed by atoms with Crippen LogP contribution >= 0.6 is 11.3 Å². The standard InChI is InChI=1S/C16H19N3O2S/c1-11-2-4-12(5-3-11)14(17)16(20)19-7-8-21-13(10-19)15-18-6-9-22-15/h2-6,9,13-14H,7-8,10,17H2,1H3. The molecule has 6 heteroatoms. The summed E-state index contributed by atoms with van der Waals surface area (Å²) in [5.41, 5.74) is 8.13. The lowest BCUT2D eigenvalue weighted by Crippen LogP contribution is -2.46. The van der Waals surface area contributed by atoms with Crippen LogP contribution in [0, 0.1) is 6.92 Å². The number of carbonyl (C=O) groups excluding carboxylic acids is 1. The smallest absolute Gasteiger partial charge is 0.244 e. The second-order valence-electron chi connectivity index (χ2n) is 5.40. The van der Waals surface area contributed by atoms with Crippen molar-refractivity contribution in [2.45, 2.75) is 19.1 Å². The van der Waals surface area contributed by atoms with E-state index in [-0.39, 0.29) is 12.0 Å². The lowest BCUT2D eigenvalue weighted by Gasteiger charge is -2.33. The maximum absolute atomic E-state index is 12.6. The maximum Gasteiger partial charge on any atom is 0.244 e. The molecule has 1 fully saturated rings. The Balaban J connectivity index is 1.70. The van der Waals surface area contributed by atoms with E-state index in [9.17, 15) is 4.79 Å². The topological polar surface area (TPSA) is 68.5 Å². The van der Waals surface area contributed by atoms with Crippen molar-refractivity contribution in [1.29, 1.82) is 0 Å². The first-order valence-corrected chi connectivity index (χ1v) is 8.15. The van der Waals surface area contributed by atoms with Gasteiger partial charge < -0.3 is 15.4 Å². The molecule has 0 spiro atoms. The van der Waals surface area contributed by atoms with Crippen molar-refractivity contribution in [3.05, 3.63) is 52.0 Å². The number of morpholine rings is 1. The molecule has 2 atom stereocenters. The molecule has 0 bridgehead atoms. The highest BCUT2D eigenvalue weighted by molar-refractivity contribution is 7.09. The minimum absolute atomic E-state index is 0.0614. The number of hydrogen-bond acceptors (Lipinski definition) is 5. The molecule has 1 aliphatic heterocycles. The number of aryl methyl sites for hydroxylation is 1. The molecule has 2 unspecified atom stereocenters. The third kappa shape index (κ3) is 3.19. The number of carbonyl (C=O) groups is 1. The molecule has 0 radical (unpaired) electrons. The van der Waals surface area contributed by atoms with E-state index in [1.54, 1.807) is 22.4 Å². The monoisotopic (exact) mass is 317 g/mol. The van der Waals surface area contributed by atoms with E-state index in [1.807, 2.05) is 36.6 Å². The Labute approximate surface area is 133 Å². The normalized spacial score (nSPS) is 19.9. The maximum atomic E-state index is 12.6. The van der Waals surface area contributed by atoms with Crippen LogP contribution in [0.5, 0.6) is 0 Å². The first-order chi connectivity index (χ1) is 10.6. The number of amides is 1. The van der Waals surface area contributed by atoms with Gasteiger partial charge in [0.05, 0.1) is 13.2 Å². The number of ether oxygens (including phenoxy) is 1. The summed E-state index contributed by atoms with van der Waals surface area (Å²) in [6.45, 7) is 3.60. The Morgan fingerprint density at radius 1 is 1.45 bits per heavy atom. The van der Waals surface area contributed by atoms with Crippen molar-refractivity contribution in [1.82, 2.24) is 9.88 Å². The summed E-state index contributed by atoms with van der Waals surface area (Å²) in [7, 11) is 0. The number of rotatable bonds is 3. The first-order valence-electron chi connectivity index (χ1n) is 7.27. The van der Waals surface area contributed by atoms with Crippen LogP contribution in [-0.4, -0.2) is 35.5 Å². The van der Waals surface area contributed by atoms with Crippen molar-refractivity contribution < 1.29 is 9.53 Å². The molecule has 22 heavy (non-hydrogen) atoms. The SMILES string of the molecule is Cc1ccc(C(N)C(=O)N2CCOC(c3nccs3)C2)cc1. The van der Waals surface area contributed by atoms with Gasteiger partial charge in [-0.25, -0.2) is 4.98 Å². The Hall–Kier alpha value is -1.76. The van der Waals surface area contributed by atoms with Crippen molar-refractivity contribution in [3.63, 3.8) is 0 Å². The summed E-state index contributed by atoms with van der Waals surface area (Å²) in [4.78, 5) is 18.7. The minimum atomic E-state index is -0.629. The van der Waals surface area contributed by atoms with Crippen LogP contribution in [0.15, 0.2) is 35.8 Å². The fraction of sp³-hybridized carbons (Fsp3) is 0.375. The van der Waals surface area contributed by atoms with Gasteiger partial charge in [0.1, 0.15) is 17.2 Å². The van der Waals surface area contributed by atoms with Crippen molar-refractivity contribution in [3.8, 4) is 0 Å². The molecule has 116 valence electrons. The Kier molecular flexibility index (Phi) is 4.52. The van der Waals surface area contributed by atoms with E-state index in [0.717, 1.165) is 16.1 Å². The number of thiazole rings is 1. The Morgan fingerprint density at radius 3 is 2.91 bits per heavy atom. The molecule has 0 aliphatic carbocycles. The Morgan fingerprint density at radius 2 is 2.23 bits per heavy atom. The third-order valence-corrected chi connectivity index (χ3v) is 4.68. The van der Waals surface area contributed by atoms with E-state index < -0.39 is 6.04 Å². The molecule has 2 N–H and O–H groups in total. The van der Waals surface area contributed by atoms with Crippen LogP contribution in [0.25, 0.3) is 0 Å². The van der Waals surface area contributed by atoms with Gasteiger partial charge in [-0.15, -0.1) is 11.3 Å². The molecule has 1 amide bonds. The average Bonchev–Trinajstić information content (AvgIpc) is 3.09. The second-order valence-corrected chi connectivity index (χ2v) is 6.33. The molecule has 5 nitrogen and oxygen atoms in total. The van der Waals surface area contributed by atoms with E-state index in [0.29, 0.717) is 19.7 Å². The quantitative estimate of drug-likeness (QED) is 0.941. The van der Waals surface area contributed by atoms with Crippen LogP contribution in [-0.2, 0) is 9.53 Å². The lowest BCUT2D eigenvalue weighted by molar-refractivity contribution is -0.140. The minimum Gasteiger partial charge on any atom is -0.367 e. The molecule has 0 saturated carbocycles. The first kappa shape index (κ1) is 15.1. The van der Waals surface area contributed by atoms with Gasteiger partial charge in [-0.05, 0) is 12.5 Å². The summed E-state index contributed by atoms with van der Waals surface area (Å²) in [5.74, 6) is -0.0614. The number of nitrogens with two attached hydrogens (primary N) is 1. The molecule has 1 aliphatic rings. The fourth-order valence-corrected chi connectivity index (χ4v) is 3.18. The zero-order valence-electron chi connectivity index (χ0n) is 12.4. The summed E-state index contributed by atoms with van der Waals surface area (Å²) >= 11 is 1.54. The molecule has 2 heterocycles. The van der Waals surface area contributed by atoms with E-state index in [2.05, 4.69) is 4.98 Å². The number of benzene rings is 1. The molecule has 1 aromatic carbocycles. The van der Waals surface area contributed by atoms with Gasteiger partial charge in [-0.2, -0.15) is 0 Å². The van der Waals surface area contributed by atoms with Gasteiger partial charge in [-0.1, -0.05) is 29.8 Å². The number of nitrogens with zero attached hydrogens (tertiary/aromatic N) is 2. The summed E-state index contributed by atoms with van der Waals surface area (Å²) in [6, 6.07) is 7.14. The van der Waals surface area contributed by atoms with E-state index >= 15 is 0 Å². The molecule has 1 aromatic heterocycles. The highest BCUT2D eigenvalue weighted by atomic mass is 32.1. The van der Waals surface area contributed by atoms with Crippen molar-refractivity contribution in [2.75, 3.05) is 19.7 Å². The van der Waals surface area contributed by atoms with Crippen molar-refractivity contribution in [2.24, 2.45) is 5.73 Å². The predicted molar refractivity (Wildman–Crippen MR) is 85.5 cm³/mol. The van der Waals surface area contributed by atoms with Gasteiger partial charge in [-0.3, -0.25) is 4.79 Å². The summed E-state index contributed by atoms with van der Waals surface area (Å²) < 4.78 is 5.72. The number of aromatic nitrogens is 1. The van der Waals surface area contributed by atoms with Crippen LogP contribution in [0.4, 0.5) is 0 Å². The van der Waals surface area contributed by atoms with E-state index in [1.165, 1.54) is 0 Å². The van der Waals surface area contributed by atoms with Crippen LogP contribution in [0.2, 0.25) is 0 Å². The van der Waals surface area contributed by atoms with Crippen LogP contribution in [0.3, 0.4) is 0 Å². The largest absolute Gasteiger partial charge is 0.367 e. The average molecular weight is 317 g/mol. The van der Waals surface area contributed by atoms with Gasteiger partial charge in [0.25, 0.3) is 0 Å². The third-order valence-electron chi connectivity index (χ3n) is 3.81. The highest BCUT2D eigenvalue weighted by Crippen LogP contribution is 2.25. The zero-order chi connectivity index (χ0) is 15.5. The Bertz CT molecular complexity index is 627. The molecular formula is C16H19N3O2S. The molecule has 2 aromatic rings. The molecular weight excluding hydrogens is 298 g/mol. The van der Waals surface area contributed by atoms with E-state index in [4.69, 9.17) is 10.5 Å². The molecule has 3 rings (SSSR count).